The number of aliphatic hydroxyl groups is 2. The molecule has 568 valence electrons. The normalized spacial score (nSPS) is 24.8. The van der Waals surface area contributed by atoms with Crippen LogP contribution in [-0.2, 0) is 59.8 Å². The molecule has 0 bridgehead atoms. The van der Waals surface area contributed by atoms with Gasteiger partial charge < -0.3 is 53.4 Å². The first-order valence-electron chi connectivity index (χ1n) is 37.7. The smallest absolute Gasteiger partial charge is 0.394 e. The van der Waals surface area contributed by atoms with Crippen LogP contribution < -0.4 is 10.9 Å². The number of nitrogens with zero attached hydrogens (tertiary/aromatic N) is 1. The van der Waals surface area contributed by atoms with Gasteiger partial charge in [-0.1, -0.05) is 188 Å². The molecule has 113 heavy (non-hydrogen) atoms. The molecular formula is C88H71N2O20P3. The molecule has 6 N–H and O–H groups in total. The highest BCUT2D eigenvalue weighted by atomic mass is 31.2. The van der Waals surface area contributed by atoms with Gasteiger partial charge in [0.1, 0.15) is 49.0 Å². The van der Waals surface area contributed by atoms with E-state index in [0.717, 1.165) is 103 Å². The van der Waals surface area contributed by atoms with Crippen molar-refractivity contribution in [2.75, 3.05) is 26.4 Å². The van der Waals surface area contributed by atoms with E-state index in [4.69, 9.17) is 46.1 Å². The third kappa shape index (κ3) is 12.3. The van der Waals surface area contributed by atoms with Gasteiger partial charge >= 0.3 is 23.5 Å². The van der Waals surface area contributed by atoms with E-state index in [-0.39, 0.29) is 41.9 Å². The van der Waals surface area contributed by atoms with Crippen LogP contribution >= 0.6 is 23.5 Å². The lowest BCUT2D eigenvalue weighted by atomic mass is 9.90. The molecule has 6 heterocycles. The Kier molecular flexibility index (Phi) is 17.2. The van der Waals surface area contributed by atoms with Crippen molar-refractivity contribution < 1.29 is 84.7 Å². The van der Waals surface area contributed by atoms with Gasteiger partial charge in [-0.15, -0.1) is 0 Å². The Hall–Kier alpha value is -9.55. The molecule has 4 aliphatic rings. The maximum absolute atomic E-state index is 15.0. The molecule has 0 aliphatic carbocycles. The van der Waals surface area contributed by atoms with E-state index in [0.29, 0.717) is 49.4 Å². The van der Waals surface area contributed by atoms with Crippen LogP contribution in [0.1, 0.15) is 66.9 Å². The van der Waals surface area contributed by atoms with Crippen LogP contribution in [0.2, 0.25) is 0 Å². The number of aromatic nitrogens is 2. The van der Waals surface area contributed by atoms with Gasteiger partial charge in [0.15, 0.2) is 10.9 Å². The third-order valence-electron chi connectivity index (χ3n) is 23.7. The van der Waals surface area contributed by atoms with Crippen molar-refractivity contribution in [1.29, 1.82) is 0 Å². The average molecular weight is 1570 g/mol. The Labute approximate surface area is 641 Å². The number of rotatable bonds is 20. The van der Waals surface area contributed by atoms with Gasteiger partial charge in [-0.3, -0.25) is 36.7 Å². The number of hydrogen-bond acceptors (Lipinski definition) is 17. The number of aromatic amines is 1. The molecule has 21 rings (SSSR count). The lowest BCUT2D eigenvalue weighted by Gasteiger charge is -2.25. The highest BCUT2D eigenvalue weighted by Gasteiger charge is 2.49. The minimum Gasteiger partial charge on any atom is -0.394 e. The molecule has 3 unspecified atom stereocenters. The zero-order chi connectivity index (χ0) is 76.5. The fraction of sp³-hybridized carbons (Fsp3) is 0.227. The Morgan fingerprint density at radius 1 is 0.363 bits per heavy atom. The maximum Gasteiger partial charge on any atom is 0.472 e. The summed E-state index contributed by atoms with van der Waals surface area (Å²) in [5.41, 5.74) is 3.44. The van der Waals surface area contributed by atoms with Gasteiger partial charge in [0.25, 0.3) is 0 Å². The summed E-state index contributed by atoms with van der Waals surface area (Å²) in [6.45, 7) is -2.73. The van der Waals surface area contributed by atoms with E-state index in [9.17, 15) is 48.2 Å². The van der Waals surface area contributed by atoms with Gasteiger partial charge in [0, 0.05) is 52.7 Å². The Bertz CT molecular complexity index is 6970. The third-order valence-corrected chi connectivity index (χ3v) is 26.8. The van der Waals surface area contributed by atoms with Crippen molar-refractivity contribution >= 4 is 164 Å². The van der Waals surface area contributed by atoms with Crippen molar-refractivity contribution in [3.63, 3.8) is 0 Å². The van der Waals surface area contributed by atoms with Crippen LogP contribution in [0.4, 0.5) is 0 Å². The first kappa shape index (κ1) is 71.2. The minimum atomic E-state index is -5.32. The summed E-state index contributed by atoms with van der Waals surface area (Å²) in [6.07, 6.45) is -13.7. The number of phosphoric acid groups is 3. The highest BCUT2D eigenvalue weighted by Crippen LogP contribution is 2.57. The molecule has 25 heteroatoms. The summed E-state index contributed by atoms with van der Waals surface area (Å²) in [5.74, 6) is 0. The Balaban J connectivity index is 0.559. The van der Waals surface area contributed by atoms with Crippen molar-refractivity contribution in [3.8, 4) is 0 Å². The van der Waals surface area contributed by atoms with Crippen LogP contribution in [0.25, 0.3) is 141 Å². The number of phosphoric ester groups is 3. The van der Waals surface area contributed by atoms with Gasteiger partial charge in [0.2, 0.25) is 0 Å². The van der Waals surface area contributed by atoms with E-state index >= 15 is 0 Å². The molecule has 0 spiro atoms. The second-order valence-corrected chi connectivity index (χ2v) is 34.4. The number of benzene rings is 15. The summed E-state index contributed by atoms with van der Waals surface area (Å²) < 4.78 is 108. The topological polar surface area (TPSA) is 300 Å². The molecule has 4 fully saturated rings. The lowest BCUT2D eigenvalue weighted by molar-refractivity contribution is -0.0510. The summed E-state index contributed by atoms with van der Waals surface area (Å²) in [7, 11) is -15.7. The molecule has 4 aliphatic heterocycles. The van der Waals surface area contributed by atoms with Crippen LogP contribution in [0.15, 0.2) is 234 Å². The monoisotopic (exact) mass is 1570 g/mol. The first-order chi connectivity index (χ1) is 54.8. The van der Waals surface area contributed by atoms with Crippen LogP contribution in [-0.4, -0.2) is 110 Å². The van der Waals surface area contributed by atoms with Gasteiger partial charge in [-0.05, 0) is 150 Å². The van der Waals surface area contributed by atoms with Gasteiger partial charge in [0.05, 0.1) is 67.4 Å². The number of nitrogens with one attached hydrogen (secondary N) is 1. The summed E-state index contributed by atoms with van der Waals surface area (Å²) in [6, 6.07) is 71.8. The predicted octanol–water partition coefficient (Wildman–Crippen LogP) is 17.6. The highest BCUT2D eigenvalue weighted by molar-refractivity contribution is 7.48. The molecule has 15 aromatic carbocycles. The molecular weight excluding hydrogens is 1500 g/mol. The molecule has 17 aromatic rings. The van der Waals surface area contributed by atoms with Crippen molar-refractivity contribution in [3.05, 3.63) is 262 Å². The quantitative estimate of drug-likeness (QED) is 0.0235. The number of fused-ring (bicyclic) bond motifs is 4. The number of ether oxygens (including phenoxy) is 4. The fourth-order valence-electron chi connectivity index (χ4n) is 18.6. The van der Waals surface area contributed by atoms with Crippen LogP contribution in [0.3, 0.4) is 0 Å². The van der Waals surface area contributed by atoms with E-state index in [1.165, 1.54) is 0 Å². The van der Waals surface area contributed by atoms with Gasteiger partial charge in [-0.2, -0.15) is 0 Å². The molecule has 22 nitrogen and oxygen atoms in total. The molecule has 15 atom stereocenters. The summed E-state index contributed by atoms with van der Waals surface area (Å²) >= 11 is 0. The molecule has 0 saturated carbocycles. The molecule has 0 radical (unpaired) electrons. The van der Waals surface area contributed by atoms with E-state index < -0.39 is 123 Å². The van der Waals surface area contributed by atoms with Gasteiger partial charge in [-0.25, -0.2) is 13.7 Å². The SMILES string of the molecule is O=c1c2ccccc2[nH]c2cc3c(=O)c4ccccc4n([C@@H]4C[C@H](OP(=O)(O)OC[C@H]5O[C@H](c6ccc7ccc8cccc9ccc6c7c89)C[C@@H]5OP(=O)(O)OC[C@H]5O[C@H](c6ccc7ccc8cccc9ccc6c7c89)C[C@@H]5OP(=O)(O)OC[C@H]5O[C@H](c6ccc7ccc8cccc9ccc6c7c89)C[C@@H]5O)[C@@H](CO)O4)c3cc12. The maximum atomic E-state index is 15.0. The first-order valence-corrected chi connectivity index (χ1v) is 42.2. The van der Waals surface area contributed by atoms with E-state index in [1.54, 1.807) is 65.2 Å². The number of hydrogen-bond donors (Lipinski definition) is 6. The second-order valence-electron chi connectivity index (χ2n) is 30.2. The molecule has 0 amide bonds. The van der Waals surface area contributed by atoms with Crippen LogP contribution in [0.5, 0.6) is 0 Å². The Morgan fingerprint density at radius 2 is 0.752 bits per heavy atom. The molecule has 2 aromatic heterocycles. The zero-order valence-electron chi connectivity index (χ0n) is 60.1. The van der Waals surface area contributed by atoms with E-state index in [2.05, 4.69) is 53.5 Å². The number of aliphatic hydroxyl groups excluding tert-OH is 2. The number of pyridine rings is 2. The molecule has 4 saturated heterocycles. The van der Waals surface area contributed by atoms with Crippen molar-refractivity contribution in [2.45, 2.75) is 99.1 Å². The number of para-hydroxylation sites is 2. The Morgan fingerprint density at radius 3 is 1.23 bits per heavy atom. The predicted molar refractivity (Wildman–Crippen MR) is 432 cm³/mol. The van der Waals surface area contributed by atoms with E-state index in [1.807, 2.05) is 115 Å². The van der Waals surface area contributed by atoms with Crippen LogP contribution in [0, 0.1) is 0 Å². The van der Waals surface area contributed by atoms with Crippen molar-refractivity contribution in [2.24, 2.45) is 0 Å². The van der Waals surface area contributed by atoms with Crippen molar-refractivity contribution in [1.82, 2.24) is 9.55 Å². The lowest BCUT2D eigenvalue weighted by Crippen LogP contribution is -2.31. The summed E-state index contributed by atoms with van der Waals surface area (Å²) in [4.78, 5) is 67.6. The minimum absolute atomic E-state index is 0.0622. The second kappa shape index (κ2) is 27.3. The zero-order valence-corrected chi connectivity index (χ0v) is 62.8. The standard InChI is InChI=1S/C88H71N2O20P3/c91-42-76-75(41-80(107-76)90-67-17-4-2-15-62(67)88(94)64-36-66-63(37-68(64)90)87(93)61-14-1-3-16-65(61)89-66)110-113(99,100)103-45-79-74(40-72(106-79)57-32-26-54-23-20-48-10-7-13-51-29-35-60(57)86(54)83(48)51)109-112(97,98)102-44-78-73(39-71(105-78)56-31-25-53-22-19-47-9-6-12-50-28-34-59(56)85(53)82(47)50)108-111(95,96)101-43-77-69(92)38-70(104-77)55-30-24-52-21-18-46-8-5-11-49-27-33-58(55)84(52)81(46)49/h1-37,69-80,91-92H,38-45H2,(H,89,93)(H,95,96)(H,97,98)(H,99,100)/t69-,70-,71-,72-,73-,74-,75-,76+,77+,78+,79+,80-/m0/s1. The number of H-pyrrole nitrogens is 1. The average Bonchev–Trinajstić information content (AvgIpc) is 1.65. The largest absolute Gasteiger partial charge is 0.472 e. The fourth-order valence-corrected chi connectivity index (χ4v) is 21.5. The summed E-state index contributed by atoms with van der Waals surface area (Å²) in [5, 5.41) is 41.9.